The first-order valence-corrected chi connectivity index (χ1v) is 7.77. The molecular formula is C19H18N2O3. The molecule has 0 aliphatic heterocycles. The number of amides is 2. The highest BCUT2D eigenvalue weighted by molar-refractivity contribution is 6.09. The summed E-state index contributed by atoms with van der Waals surface area (Å²) in [5.41, 5.74) is 3.73. The highest BCUT2D eigenvalue weighted by Gasteiger charge is 2.35. The van der Waals surface area contributed by atoms with E-state index in [1.165, 1.54) is 6.92 Å². The van der Waals surface area contributed by atoms with Gasteiger partial charge in [0.25, 0.3) is 0 Å². The van der Waals surface area contributed by atoms with Crippen LogP contribution in [0.15, 0.2) is 42.5 Å². The van der Waals surface area contributed by atoms with Gasteiger partial charge in [-0.15, -0.1) is 0 Å². The number of carbonyl (C=O) groups is 3. The van der Waals surface area contributed by atoms with Crippen molar-refractivity contribution in [3.05, 3.63) is 59.2 Å². The number of ketones is 1. The van der Waals surface area contributed by atoms with Crippen LogP contribution in [-0.2, 0) is 9.59 Å². The van der Waals surface area contributed by atoms with Crippen LogP contribution in [0.3, 0.4) is 0 Å². The maximum absolute atomic E-state index is 12.6. The molecule has 2 aromatic carbocycles. The molecule has 3 rings (SSSR count). The third-order valence-corrected chi connectivity index (χ3v) is 4.15. The third-order valence-electron chi connectivity index (χ3n) is 4.15. The fraction of sp³-hybridized carbons (Fsp3) is 0.211. The van der Waals surface area contributed by atoms with Gasteiger partial charge in [-0.3, -0.25) is 14.4 Å². The van der Waals surface area contributed by atoms with E-state index in [0.717, 1.165) is 11.1 Å². The Morgan fingerprint density at radius 2 is 1.62 bits per heavy atom. The lowest BCUT2D eigenvalue weighted by molar-refractivity contribution is -0.117. The summed E-state index contributed by atoms with van der Waals surface area (Å²) in [5, 5.41) is 5.52. The van der Waals surface area contributed by atoms with Gasteiger partial charge < -0.3 is 10.6 Å². The van der Waals surface area contributed by atoms with Gasteiger partial charge in [0, 0.05) is 30.3 Å². The Labute approximate surface area is 140 Å². The lowest BCUT2D eigenvalue weighted by atomic mass is 9.96. The first kappa shape index (κ1) is 15.9. The molecule has 2 N–H and O–H groups in total. The van der Waals surface area contributed by atoms with Crippen molar-refractivity contribution in [3.8, 4) is 0 Å². The molecule has 1 atom stereocenters. The van der Waals surface area contributed by atoms with E-state index in [0.29, 0.717) is 16.9 Å². The van der Waals surface area contributed by atoms with Gasteiger partial charge in [0.15, 0.2) is 5.78 Å². The molecule has 0 saturated carbocycles. The number of hydrogen-bond acceptors (Lipinski definition) is 3. The Morgan fingerprint density at radius 3 is 2.25 bits per heavy atom. The summed E-state index contributed by atoms with van der Waals surface area (Å²) in [4.78, 5) is 35.7. The van der Waals surface area contributed by atoms with Crippen LogP contribution >= 0.6 is 0 Å². The molecule has 5 heteroatoms. The van der Waals surface area contributed by atoms with E-state index in [9.17, 15) is 14.4 Å². The van der Waals surface area contributed by atoms with Crippen molar-refractivity contribution in [2.45, 2.75) is 26.2 Å². The van der Waals surface area contributed by atoms with Crippen molar-refractivity contribution in [2.75, 3.05) is 10.6 Å². The number of rotatable bonds is 3. The Morgan fingerprint density at radius 1 is 1.00 bits per heavy atom. The van der Waals surface area contributed by atoms with Gasteiger partial charge in [-0.2, -0.15) is 0 Å². The quantitative estimate of drug-likeness (QED) is 0.910. The zero-order valence-electron chi connectivity index (χ0n) is 13.6. The maximum atomic E-state index is 12.6. The van der Waals surface area contributed by atoms with Gasteiger partial charge in [0.1, 0.15) is 0 Å². The molecule has 1 unspecified atom stereocenters. The number of aryl methyl sites for hydroxylation is 1. The van der Waals surface area contributed by atoms with E-state index >= 15 is 0 Å². The smallest absolute Gasteiger partial charge is 0.232 e. The number of Topliss-reactive ketones (excluding diaryl/α,β-unsaturated/α-hetero) is 1. The van der Waals surface area contributed by atoms with Gasteiger partial charge in [-0.25, -0.2) is 0 Å². The predicted molar refractivity (Wildman–Crippen MR) is 92.2 cm³/mol. The minimum atomic E-state index is -0.455. The molecule has 0 heterocycles. The molecule has 0 fully saturated rings. The highest BCUT2D eigenvalue weighted by atomic mass is 16.2. The Hall–Kier alpha value is -2.95. The normalized spacial score (nSPS) is 15.8. The van der Waals surface area contributed by atoms with Crippen molar-refractivity contribution < 1.29 is 14.4 Å². The average molecular weight is 322 g/mol. The summed E-state index contributed by atoms with van der Waals surface area (Å²) in [6.45, 7) is 3.35. The predicted octanol–water partition coefficient (Wildman–Crippen LogP) is 3.26. The van der Waals surface area contributed by atoms with E-state index in [1.807, 2.05) is 19.1 Å². The third kappa shape index (κ3) is 3.06. The van der Waals surface area contributed by atoms with Crippen LogP contribution in [0.5, 0.6) is 0 Å². The van der Waals surface area contributed by atoms with Crippen LogP contribution in [0.4, 0.5) is 11.4 Å². The Kier molecular flexibility index (Phi) is 4.16. The van der Waals surface area contributed by atoms with Crippen LogP contribution in [-0.4, -0.2) is 17.6 Å². The minimum absolute atomic E-state index is 0.00913. The summed E-state index contributed by atoms with van der Waals surface area (Å²) in [6.07, 6.45) is 0.204. The highest BCUT2D eigenvalue weighted by Crippen LogP contribution is 2.36. The van der Waals surface area contributed by atoms with E-state index in [-0.39, 0.29) is 24.0 Å². The van der Waals surface area contributed by atoms with Crippen LogP contribution in [0.25, 0.3) is 0 Å². The molecule has 0 saturated heterocycles. The molecule has 122 valence electrons. The minimum Gasteiger partial charge on any atom is -0.326 e. The number of hydrogen-bond donors (Lipinski definition) is 2. The van der Waals surface area contributed by atoms with Gasteiger partial charge in [-0.05, 0) is 42.3 Å². The van der Waals surface area contributed by atoms with Gasteiger partial charge in [-0.1, -0.05) is 18.2 Å². The van der Waals surface area contributed by atoms with Crippen molar-refractivity contribution in [1.29, 1.82) is 0 Å². The largest absolute Gasteiger partial charge is 0.326 e. The van der Waals surface area contributed by atoms with Crippen LogP contribution in [0.1, 0.15) is 40.7 Å². The van der Waals surface area contributed by atoms with E-state index in [2.05, 4.69) is 10.6 Å². The molecule has 24 heavy (non-hydrogen) atoms. The number of anilines is 2. The molecular weight excluding hydrogens is 304 g/mol. The molecule has 2 amide bonds. The number of benzene rings is 2. The summed E-state index contributed by atoms with van der Waals surface area (Å²) in [6, 6.07) is 12.4. The standard InChI is InChI=1S/C19H18N2O3/c1-11-4-3-5-15-17(23)10-16(18(11)15)19(24)21-14-8-6-13(7-9-14)20-12(2)22/h3-9,16H,10H2,1-2H3,(H,20,22)(H,21,24). The van der Waals surface area contributed by atoms with E-state index in [1.54, 1.807) is 30.3 Å². The number of carbonyl (C=O) groups excluding carboxylic acids is 3. The summed E-state index contributed by atoms with van der Waals surface area (Å²) >= 11 is 0. The SMILES string of the molecule is CC(=O)Nc1ccc(NC(=O)C2CC(=O)c3cccc(C)c32)cc1. The number of fused-ring (bicyclic) bond motifs is 1. The molecule has 1 aliphatic rings. The fourth-order valence-electron chi connectivity index (χ4n) is 3.08. The van der Waals surface area contributed by atoms with E-state index < -0.39 is 5.92 Å². The summed E-state index contributed by atoms with van der Waals surface area (Å²) in [7, 11) is 0. The van der Waals surface area contributed by atoms with E-state index in [4.69, 9.17) is 0 Å². The first-order valence-electron chi connectivity index (χ1n) is 7.77. The summed E-state index contributed by atoms with van der Waals surface area (Å²) < 4.78 is 0. The molecule has 0 spiro atoms. The molecule has 1 aliphatic carbocycles. The molecule has 0 bridgehead atoms. The first-order chi connectivity index (χ1) is 11.5. The Bertz CT molecular complexity index is 825. The van der Waals surface area contributed by atoms with Crippen molar-refractivity contribution in [2.24, 2.45) is 0 Å². The van der Waals surface area contributed by atoms with Crippen molar-refractivity contribution in [1.82, 2.24) is 0 Å². The summed E-state index contributed by atoms with van der Waals surface area (Å²) in [5.74, 6) is -0.786. The second-order valence-electron chi connectivity index (χ2n) is 5.96. The zero-order valence-corrected chi connectivity index (χ0v) is 13.6. The number of nitrogens with one attached hydrogen (secondary N) is 2. The van der Waals surface area contributed by atoms with Crippen molar-refractivity contribution in [3.63, 3.8) is 0 Å². The molecule has 2 aromatic rings. The van der Waals surface area contributed by atoms with Gasteiger partial charge in [0.2, 0.25) is 11.8 Å². The molecule has 0 aromatic heterocycles. The monoisotopic (exact) mass is 322 g/mol. The topological polar surface area (TPSA) is 75.3 Å². The zero-order chi connectivity index (χ0) is 17.3. The van der Waals surface area contributed by atoms with Crippen LogP contribution in [0, 0.1) is 6.92 Å². The van der Waals surface area contributed by atoms with Crippen LogP contribution in [0.2, 0.25) is 0 Å². The molecule has 5 nitrogen and oxygen atoms in total. The lowest BCUT2D eigenvalue weighted by Crippen LogP contribution is -2.20. The van der Waals surface area contributed by atoms with Gasteiger partial charge >= 0.3 is 0 Å². The van der Waals surface area contributed by atoms with Gasteiger partial charge in [0.05, 0.1) is 5.92 Å². The van der Waals surface area contributed by atoms with Crippen molar-refractivity contribution >= 4 is 29.0 Å². The van der Waals surface area contributed by atoms with Crippen LogP contribution < -0.4 is 10.6 Å². The second kappa shape index (κ2) is 6.28. The lowest BCUT2D eigenvalue weighted by Gasteiger charge is -2.14. The second-order valence-corrected chi connectivity index (χ2v) is 5.96. The maximum Gasteiger partial charge on any atom is 0.232 e. The fourth-order valence-corrected chi connectivity index (χ4v) is 3.08. The molecule has 0 radical (unpaired) electrons. The average Bonchev–Trinajstić information content (AvgIpc) is 2.88. The Balaban J connectivity index is 1.77.